The number of carbonyl (C=O) groups excluding carboxylic acids is 1. The van der Waals surface area contributed by atoms with Crippen LogP contribution in [0.5, 0.6) is 0 Å². The van der Waals surface area contributed by atoms with Crippen LogP contribution in [0.4, 0.5) is 0 Å². The number of hydrogen-bond donors (Lipinski definition) is 1. The predicted molar refractivity (Wildman–Crippen MR) is 105 cm³/mol. The highest BCUT2D eigenvalue weighted by Gasteiger charge is 2.43. The van der Waals surface area contributed by atoms with Gasteiger partial charge in [-0.2, -0.15) is 5.10 Å². The summed E-state index contributed by atoms with van der Waals surface area (Å²) >= 11 is 0. The van der Waals surface area contributed by atoms with E-state index in [9.17, 15) is 9.90 Å². The zero-order chi connectivity index (χ0) is 19.1. The van der Waals surface area contributed by atoms with Gasteiger partial charge in [0, 0.05) is 24.3 Å². The van der Waals surface area contributed by atoms with Crippen LogP contribution in [0.1, 0.15) is 42.6 Å². The number of amides is 1. The summed E-state index contributed by atoms with van der Waals surface area (Å²) < 4.78 is 1.93. The summed E-state index contributed by atoms with van der Waals surface area (Å²) in [6.07, 6.45) is 4.15. The maximum Gasteiger partial charge on any atom is 0.227 e. The van der Waals surface area contributed by atoms with Gasteiger partial charge in [0.2, 0.25) is 5.91 Å². The smallest absolute Gasteiger partial charge is 0.227 e. The molecule has 5 heteroatoms. The molecule has 0 saturated heterocycles. The summed E-state index contributed by atoms with van der Waals surface area (Å²) in [6, 6.07) is 10.4. The monoisotopic (exact) mass is 367 g/mol. The fourth-order valence-corrected chi connectivity index (χ4v) is 5.10. The fraction of sp³-hybridized carbons (Fsp3) is 0.545. The number of likely N-dealkylation sites (N-methyl/N-ethyl adjacent to an activating group) is 1. The molecule has 0 bridgehead atoms. The largest absolute Gasteiger partial charge is 0.393 e. The van der Waals surface area contributed by atoms with E-state index in [1.807, 2.05) is 60.8 Å². The van der Waals surface area contributed by atoms with Gasteiger partial charge in [0.25, 0.3) is 0 Å². The number of rotatable bonds is 4. The number of aryl methyl sites for hydroxylation is 1. The Morgan fingerprint density at radius 3 is 2.41 bits per heavy atom. The van der Waals surface area contributed by atoms with E-state index in [4.69, 9.17) is 0 Å². The third-order valence-corrected chi connectivity index (χ3v) is 6.68. The van der Waals surface area contributed by atoms with E-state index in [-0.39, 0.29) is 12.0 Å². The van der Waals surface area contributed by atoms with Gasteiger partial charge >= 0.3 is 0 Å². The zero-order valence-corrected chi connectivity index (χ0v) is 16.4. The maximum absolute atomic E-state index is 13.0. The van der Waals surface area contributed by atoms with E-state index in [0.717, 1.165) is 48.3 Å². The van der Waals surface area contributed by atoms with Crippen molar-refractivity contribution in [2.75, 3.05) is 7.05 Å². The number of aliphatic hydroxyl groups excluding tert-OH is 1. The van der Waals surface area contributed by atoms with Crippen LogP contribution in [0.3, 0.4) is 0 Å². The first-order valence-corrected chi connectivity index (χ1v) is 9.98. The second-order valence-electron chi connectivity index (χ2n) is 8.35. The predicted octanol–water partition coefficient (Wildman–Crippen LogP) is 3.04. The Labute approximate surface area is 161 Å². The lowest BCUT2D eigenvalue weighted by Gasteiger charge is -2.26. The standard InChI is InChI=1S/C22H29N3O2/c1-14-21(15(2)25(23-14)18-7-5-4-6-8-18)13-22(27)24(3)19-9-16-11-20(26)12-17(16)10-19/h4-8,16-17,19-20,26H,9-13H2,1-3H3/t16-,17+,19?,20?. The molecular weight excluding hydrogens is 338 g/mol. The van der Waals surface area contributed by atoms with Gasteiger partial charge in [0.1, 0.15) is 0 Å². The minimum Gasteiger partial charge on any atom is -0.393 e. The fourth-order valence-electron chi connectivity index (χ4n) is 5.10. The minimum atomic E-state index is -0.129. The Morgan fingerprint density at radius 1 is 1.15 bits per heavy atom. The van der Waals surface area contributed by atoms with E-state index >= 15 is 0 Å². The number of nitrogens with zero attached hydrogens (tertiary/aromatic N) is 3. The van der Waals surface area contributed by atoms with Crippen molar-refractivity contribution in [2.24, 2.45) is 11.8 Å². The SMILES string of the molecule is Cc1nn(-c2ccccc2)c(C)c1CC(=O)N(C)C1C[C@H]2CC(O)C[C@H]2C1. The number of para-hydroxylation sites is 1. The summed E-state index contributed by atoms with van der Waals surface area (Å²) in [6.45, 7) is 4.02. The van der Waals surface area contributed by atoms with Crippen LogP contribution in [-0.2, 0) is 11.2 Å². The molecule has 144 valence electrons. The summed E-state index contributed by atoms with van der Waals surface area (Å²) in [5.74, 6) is 1.34. The van der Waals surface area contributed by atoms with Crippen LogP contribution in [0, 0.1) is 25.7 Å². The number of hydrogen-bond acceptors (Lipinski definition) is 3. The van der Waals surface area contributed by atoms with Crippen LogP contribution >= 0.6 is 0 Å². The lowest BCUT2D eigenvalue weighted by molar-refractivity contribution is -0.131. The highest BCUT2D eigenvalue weighted by atomic mass is 16.3. The molecule has 27 heavy (non-hydrogen) atoms. The normalized spacial score (nSPS) is 27.0. The Hall–Kier alpha value is -2.14. The van der Waals surface area contributed by atoms with Crippen LogP contribution in [0.15, 0.2) is 30.3 Å². The first-order chi connectivity index (χ1) is 12.9. The van der Waals surface area contributed by atoms with Crippen LogP contribution in [0.2, 0.25) is 0 Å². The Bertz CT molecular complexity index is 816. The molecule has 2 unspecified atom stereocenters. The first-order valence-electron chi connectivity index (χ1n) is 9.98. The van der Waals surface area contributed by atoms with E-state index < -0.39 is 0 Å². The zero-order valence-electron chi connectivity index (χ0n) is 16.4. The van der Waals surface area contributed by atoms with Crippen molar-refractivity contribution < 1.29 is 9.90 Å². The van der Waals surface area contributed by atoms with Crippen molar-refractivity contribution in [3.8, 4) is 5.69 Å². The summed E-state index contributed by atoms with van der Waals surface area (Å²) in [5, 5.41) is 14.5. The van der Waals surface area contributed by atoms with Crippen LogP contribution in [-0.4, -0.2) is 44.9 Å². The van der Waals surface area contributed by atoms with Gasteiger partial charge in [-0.3, -0.25) is 4.79 Å². The molecule has 2 aliphatic rings. The average molecular weight is 367 g/mol. The molecule has 4 atom stereocenters. The van der Waals surface area contributed by atoms with E-state index in [2.05, 4.69) is 5.10 Å². The van der Waals surface area contributed by atoms with E-state index in [1.54, 1.807) is 0 Å². The van der Waals surface area contributed by atoms with Crippen molar-refractivity contribution >= 4 is 5.91 Å². The molecule has 2 saturated carbocycles. The molecule has 0 aliphatic heterocycles. The summed E-state index contributed by atoms with van der Waals surface area (Å²) in [5.41, 5.74) is 4.01. The highest BCUT2D eigenvalue weighted by molar-refractivity contribution is 5.79. The third-order valence-electron chi connectivity index (χ3n) is 6.68. The van der Waals surface area contributed by atoms with Gasteiger partial charge in [0.15, 0.2) is 0 Å². The molecule has 1 aromatic carbocycles. The number of aromatic nitrogens is 2. The third kappa shape index (κ3) is 3.41. The number of aliphatic hydroxyl groups is 1. The number of benzene rings is 1. The molecular formula is C22H29N3O2. The Kier molecular flexibility index (Phi) is 4.81. The van der Waals surface area contributed by atoms with Gasteiger partial charge in [-0.15, -0.1) is 0 Å². The summed E-state index contributed by atoms with van der Waals surface area (Å²) in [7, 11) is 1.94. The second-order valence-corrected chi connectivity index (χ2v) is 8.35. The Balaban J connectivity index is 1.46. The molecule has 1 N–H and O–H groups in total. The molecule has 0 spiro atoms. The van der Waals surface area contributed by atoms with Crippen LogP contribution in [0.25, 0.3) is 5.69 Å². The molecule has 4 rings (SSSR count). The minimum absolute atomic E-state index is 0.129. The van der Waals surface area contributed by atoms with Gasteiger partial charge in [-0.25, -0.2) is 4.68 Å². The van der Waals surface area contributed by atoms with Gasteiger partial charge < -0.3 is 10.0 Å². The summed E-state index contributed by atoms with van der Waals surface area (Å²) in [4.78, 5) is 14.9. The van der Waals surface area contributed by atoms with Crippen molar-refractivity contribution in [3.05, 3.63) is 47.3 Å². The topological polar surface area (TPSA) is 58.4 Å². The van der Waals surface area contributed by atoms with E-state index in [1.165, 1.54) is 0 Å². The second kappa shape index (κ2) is 7.12. The van der Waals surface area contributed by atoms with Crippen molar-refractivity contribution in [3.63, 3.8) is 0 Å². The first kappa shape index (κ1) is 18.2. The number of carbonyl (C=O) groups is 1. The van der Waals surface area contributed by atoms with Crippen LogP contribution < -0.4 is 0 Å². The lowest BCUT2D eigenvalue weighted by Crippen LogP contribution is -2.37. The molecule has 1 aromatic heterocycles. The molecule has 2 aromatic rings. The quantitative estimate of drug-likeness (QED) is 0.904. The van der Waals surface area contributed by atoms with Crippen molar-refractivity contribution in [1.29, 1.82) is 0 Å². The molecule has 1 heterocycles. The molecule has 2 fully saturated rings. The lowest BCUT2D eigenvalue weighted by atomic mass is 10.0. The van der Waals surface area contributed by atoms with Gasteiger partial charge in [-0.05, 0) is 63.5 Å². The highest BCUT2D eigenvalue weighted by Crippen LogP contribution is 2.45. The molecule has 5 nitrogen and oxygen atoms in total. The molecule has 1 amide bonds. The molecule has 2 aliphatic carbocycles. The van der Waals surface area contributed by atoms with Crippen molar-refractivity contribution in [2.45, 2.75) is 58.1 Å². The average Bonchev–Trinajstić information content (AvgIpc) is 3.28. The van der Waals surface area contributed by atoms with Crippen molar-refractivity contribution in [1.82, 2.24) is 14.7 Å². The molecule has 0 radical (unpaired) electrons. The van der Waals surface area contributed by atoms with Gasteiger partial charge in [0.05, 0.1) is 23.9 Å². The Morgan fingerprint density at radius 2 is 1.78 bits per heavy atom. The van der Waals surface area contributed by atoms with Gasteiger partial charge in [-0.1, -0.05) is 18.2 Å². The maximum atomic E-state index is 13.0. The van der Waals surface area contributed by atoms with E-state index in [0.29, 0.717) is 24.3 Å². The number of fused-ring (bicyclic) bond motifs is 1.